The third kappa shape index (κ3) is 6.96. The zero-order valence-corrected chi connectivity index (χ0v) is 28.4. The van der Waals surface area contributed by atoms with Crippen molar-refractivity contribution in [3.63, 3.8) is 0 Å². The summed E-state index contributed by atoms with van der Waals surface area (Å²) < 4.78 is 8.70. The van der Waals surface area contributed by atoms with Gasteiger partial charge in [-0.3, -0.25) is 14.2 Å². The highest BCUT2D eigenvalue weighted by Crippen LogP contribution is 2.42. The number of hydrogen-bond acceptors (Lipinski definition) is 8. The van der Waals surface area contributed by atoms with Crippen molar-refractivity contribution in [2.24, 2.45) is 7.05 Å². The van der Waals surface area contributed by atoms with Gasteiger partial charge in [0.1, 0.15) is 11.3 Å². The summed E-state index contributed by atoms with van der Waals surface area (Å²) in [5.74, 6) is 1.11. The van der Waals surface area contributed by atoms with Crippen molar-refractivity contribution in [3.8, 4) is 39.4 Å². The van der Waals surface area contributed by atoms with Crippen molar-refractivity contribution in [1.82, 2.24) is 35.1 Å². The maximum absolute atomic E-state index is 13.2. The van der Waals surface area contributed by atoms with E-state index in [2.05, 4.69) is 21.0 Å². The molecule has 6 rings (SSSR count). The number of benzene rings is 2. The van der Waals surface area contributed by atoms with Crippen molar-refractivity contribution in [1.29, 1.82) is 0 Å². The van der Waals surface area contributed by atoms with Crippen LogP contribution in [0.1, 0.15) is 31.2 Å². The molecule has 3 aromatic heterocycles. The number of nitrogens with zero attached hydrogens (tertiary/aromatic N) is 4. The molecular weight excluding hydrogens is 653 g/mol. The van der Waals surface area contributed by atoms with Gasteiger partial charge in [-0.05, 0) is 25.5 Å². The quantitative estimate of drug-likeness (QED) is 0.150. The fourth-order valence-electron chi connectivity index (χ4n) is 5.91. The van der Waals surface area contributed by atoms with E-state index >= 15 is 0 Å². The van der Waals surface area contributed by atoms with E-state index in [1.807, 2.05) is 48.5 Å². The summed E-state index contributed by atoms with van der Waals surface area (Å²) >= 11 is 14.1. The first-order valence-electron chi connectivity index (χ1n) is 15.7. The number of methoxy groups -OCH3 is 1. The molecule has 1 amide bonds. The van der Waals surface area contributed by atoms with Gasteiger partial charge in [0.15, 0.2) is 0 Å². The lowest BCUT2D eigenvalue weighted by atomic mass is 9.97. The fraction of sp³-hybridized carbons (Fsp3) is 0.314. The molecule has 0 aliphatic carbocycles. The van der Waals surface area contributed by atoms with Gasteiger partial charge in [0.2, 0.25) is 11.8 Å². The minimum atomic E-state index is -0.515. The van der Waals surface area contributed by atoms with Crippen LogP contribution in [-0.4, -0.2) is 62.5 Å². The van der Waals surface area contributed by atoms with Crippen LogP contribution in [0.3, 0.4) is 0 Å². The van der Waals surface area contributed by atoms with Crippen molar-refractivity contribution in [2.45, 2.75) is 45.0 Å². The van der Waals surface area contributed by atoms with Crippen LogP contribution >= 0.6 is 23.2 Å². The predicted octanol–water partition coefficient (Wildman–Crippen LogP) is 4.58. The normalized spacial score (nSPS) is 15.2. The van der Waals surface area contributed by atoms with Crippen LogP contribution < -0.4 is 26.2 Å². The molecule has 250 valence electrons. The molecule has 5 aromatic rings. The lowest BCUT2D eigenvalue weighted by Crippen LogP contribution is -2.35. The van der Waals surface area contributed by atoms with Crippen LogP contribution in [0.5, 0.6) is 5.88 Å². The Balaban J connectivity index is 1.28. The average Bonchev–Trinajstić information content (AvgIpc) is 3.69. The van der Waals surface area contributed by atoms with Gasteiger partial charge >= 0.3 is 0 Å². The molecule has 2 aromatic carbocycles. The molecule has 0 saturated carbocycles. The van der Waals surface area contributed by atoms with Crippen LogP contribution in [0, 0.1) is 0 Å². The largest absolute Gasteiger partial charge is 0.481 e. The van der Waals surface area contributed by atoms with Gasteiger partial charge in [-0.15, -0.1) is 0 Å². The molecule has 4 N–H and O–H groups in total. The number of fused-ring (bicyclic) bond motifs is 1. The standard InChI is InChI=1S/C35H37Cl2N7O4/c1-20(45)15-38-18-30-42-44-19-22(14-29(44)35(47)43(30)2)24-6-4-7-25(32(24)36)26-8-5-9-27(33(26)37)28-12-10-21(34(41-28)48-3)16-39-17-23-11-13-31(46)40-23/h4-10,12,14,19-20,23,38-39,45H,11,13,15-18H2,1-3H3,(H,40,46)/t20?,23-/m1/s1. The molecule has 1 unspecified atom stereocenters. The Kier molecular flexibility index (Phi) is 10.1. The van der Waals surface area contributed by atoms with Gasteiger partial charge in [0.05, 0.1) is 35.5 Å². The highest BCUT2D eigenvalue weighted by molar-refractivity contribution is 6.39. The second-order valence-corrected chi connectivity index (χ2v) is 12.7. The lowest BCUT2D eigenvalue weighted by Gasteiger charge is -2.15. The first-order valence-corrected chi connectivity index (χ1v) is 16.5. The van der Waals surface area contributed by atoms with Crippen LogP contribution in [0.2, 0.25) is 10.0 Å². The number of aliphatic hydroxyl groups is 1. The second kappa shape index (κ2) is 14.5. The van der Waals surface area contributed by atoms with Crippen molar-refractivity contribution in [2.75, 3.05) is 20.2 Å². The minimum Gasteiger partial charge on any atom is -0.481 e. The maximum Gasteiger partial charge on any atom is 0.277 e. The van der Waals surface area contributed by atoms with E-state index in [9.17, 15) is 14.7 Å². The fourth-order valence-corrected chi connectivity index (χ4v) is 6.57. The Morgan fingerprint density at radius 3 is 2.42 bits per heavy atom. The first-order chi connectivity index (χ1) is 23.1. The smallest absolute Gasteiger partial charge is 0.277 e. The van der Waals surface area contributed by atoms with E-state index < -0.39 is 6.10 Å². The number of halogens is 2. The monoisotopic (exact) mass is 689 g/mol. The number of carbonyl (C=O) groups excluding carboxylic acids is 1. The van der Waals surface area contributed by atoms with Crippen LogP contribution in [0.4, 0.5) is 0 Å². The van der Waals surface area contributed by atoms with Crippen molar-refractivity contribution in [3.05, 3.63) is 92.6 Å². The van der Waals surface area contributed by atoms with Crippen LogP contribution in [0.15, 0.2) is 65.6 Å². The zero-order chi connectivity index (χ0) is 33.9. The summed E-state index contributed by atoms with van der Waals surface area (Å²) in [4.78, 5) is 29.5. The topological polar surface area (TPSA) is 135 Å². The predicted molar refractivity (Wildman–Crippen MR) is 187 cm³/mol. The molecule has 0 radical (unpaired) electrons. The van der Waals surface area contributed by atoms with Gasteiger partial charge < -0.3 is 25.8 Å². The molecule has 1 aliphatic heterocycles. The average molecular weight is 691 g/mol. The number of hydrogen-bond donors (Lipinski definition) is 4. The molecule has 0 bridgehead atoms. The Morgan fingerprint density at radius 1 is 1.02 bits per heavy atom. The zero-order valence-electron chi connectivity index (χ0n) is 26.9. The van der Waals surface area contributed by atoms with Gasteiger partial charge in [0.25, 0.3) is 5.56 Å². The molecule has 1 fully saturated rings. The second-order valence-electron chi connectivity index (χ2n) is 12.0. The minimum absolute atomic E-state index is 0.0911. The maximum atomic E-state index is 13.2. The molecule has 11 nitrogen and oxygen atoms in total. The van der Waals surface area contributed by atoms with Crippen molar-refractivity contribution >= 4 is 34.6 Å². The number of rotatable bonds is 12. The van der Waals surface area contributed by atoms with E-state index in [1.165, 1.54) is 4.57 Å². The Hall–Kier alpha value is -4.26. The van der Waals surface area contributed by atoms with Gasteiger partial charge in [-0.2, -0.15) is 5.10 Å². The lowest BCUT2D eigenvalue weighted by molar-refractivity contribution is -0.119. The highest BCUT2D eigenvalue weighted by Gasteiger charge is 2.21. The SMILES string of the molecule is COc1nc(-c2cccc(-c3cccc(-c4cc5c(=O)n(C)c(CNCC(C)O)nn5c4)c3Cl)c2Cl)ccc1CNC[C@H]1CCC(=O)N1. The number of carbonyl (C=O) groups is 1. The van der Waals surface area contributed by atoms with E-state index in [1.54, 1.807) is 37.9 Å². The summed E-state index contributed by atoms with van der Waals surface area (Å²) in [6.45, 7) is 3.60. The van der Waals surface area contributed by atoms with E-state index in [0.29, 0.717) is 65.6 Å². The summed E-state index contributed by atoms with van der Waals surface area (Å²) in [6, 6.07) is 17.2. The van der Waals surface area contributed by atoms with Gasteiger partial charge in [-0.1, -0.05) is 65.7 Å². The summed E-state index contributed by atoms with van der Waals surface area (Å²) in [5, 5.41) is 24.6. The number of amides is 1. The van der Waals surface area contributed by atoms with Crippen LogP contribution in [-0.2, 0) is 24.9 Å². The molecule has 48 heavy (non-hydrogen) atoms. The molecule has 2 atom stereocenters. The van der Waals surface area contributed by atoms with Gasteiger partial charge in [-0.25, -0.2) is 9.50 Å². The molecule has 4 heterocycles. The van der Waals surface area contributed by atoms with Crippen LogP contribution in [0.25, 0.3) is 39.0 Å². The number of ether oxygens (including phenoxy) is 1. The number of pyridine rings is 1. The molecule has 0 spiro atoms. The number of nitrogens with one attached hydrogen (secondary N) is 3. The molecular formula is C35H37Cl2N7O4. The molecule has 13 heteroatoms. The summed E-state index contributed by atoms with van der Waals surface area (Å²) in [7, 11) is 3.26. The Bertz CT molecular complexity index is 2040. The third-order valence-corrected chi connectivity index (χ3v) is 9.27. The highest BCUT2D eigenvalue weighted by atomic mass is 35.5. The number of aromatic nitrogens is 4. The third-order valence-electron chi connectivity index (χ3n) is 8.46. The molecule has 1 aliphatic rings. The first kappa shape index (κ1) is 33.6. The van der Waals surface area contributed by atoms with Crippen molar-refractivity contribution < 1.29 is 14.6 Å². The van der Waals surface area contributed by atoms with E-state index in [-0.39, 0.29) is 17.5 Å². The Labute approximate surface area is 287 Å². The summed E-state index contributed by atoms with van der Waals surface area (Å²) in [6.07, 6.45) is 2.66. The Morgan fingerprint density at radius 2 is 1.73 bits per heavy atom. The van der Waals surface area contributed by atoms with Gasteiger partial charge in [0, 0.05) is 78.7 Å². The number of aliphatic hydroxyl groups excluding tert-OH is 1. The molecule has 1 saturated heterocycles. The van der Waals surface area contributed by atoms with E-state index in [0.717, 1.165) is 39.8 Å². The van der Waals surface area contributed by atoms with E-state index in [4.69, 9.17) is 32.9 Å². The summed E-state index contributed by atoms with van der Waals surface area (Å²) in [5.41, 5.74) is 5.41.